The molecule has 0 bridgehead atoms. The Morgan fingerprint density at radius 2 is 2.12 bits per heavy atom. The van der Waals surface area contributed by atoms with Gasteiger partial charge in [0.1, 0.15) is 12.0 Å². The third kappa shape index (κ3) is 3.28. The van der Waals surface area contributed by atoms with Gasteiger partial charge in [-0.05, 0) is 62.9 Å². The van der Waals surface area contributed by atoms with Crippen molar-refractivity contribution in [2.45, 2.75) is 25.7 Å². The molecule has 6 heteroatoms. The Morgan fingerprint density at radius 1 is 1.17 bits per heavy atom. The summed E-state index contributed by atoms with van der Waals surface area (Å²) in [5.74, 6) is 0.694. The van der Waals surface area contributed by atoms with Crippen molar-refractivity contribution in [3.8, 4) is 11.4 Å². The van der Waals surface area contributed by atoms with E-state index in [1.807, 2.05) is 28.9 Å². The Hall–Kier alpha value is -1.98. The van der Waals surface area contributed by atoms with Crippen LogP contribution in [-0.4, -0.2) is 32.4 Å². The van der Waals surface area contributed by atoms with Gasteiger partial charge in [-0.3, -0.25) is 4.40 Å². The minimum atomic E-state index is 0.682. The van der Waals surface area contributed by atoms with Crippen molar-refractivity contribution in [3.05, 3.63) is 47.6 Å². The number of rotatable bonds is 3. The van der Waals surface area contributed by atoms with Gasteiger partial charge in [0.05, 0.1) is 22.6 Å². The van der Waals surface area contributed by atoms with E-state index in [4.69, 9.17) is 11.6 Å². The molecule has 1 aliphatic rings. The molecule has 1 unspecified atom stereocenters. The van der Waals surface area contributed by atoms with E-state index in [1.165, 1.54) is 19.3 Å². The molecule has 1 atom stereocenters. The summed E-state index contributed by atoms with van der Waals surface area (Å²) in [4.78, 5) is 13.4. The summed E-state index contributed by atoms with van der Waals surface area (Å²) in [7, 11) is 0. The molecule has 24 heavy (non-hydrogen) atoms. The van der Waals surface area contributed by atoms with Gasteiger partial charge in [0.25, 0.3) is 0 Å². The number of halogens is 1. The molecule has 124 valence electrons. The standard InChI is InChI=1S/C18H20ClN5/c19-14-3-4-18-21-10-17(24(18)11-14)16-9-15(22-12-23-16)8-13-2-1-6-20-7-5-13/h3-4,9-13,20H,1-2,5-8H2. The summed E-state index contributed by atoms with van der Waals surface area (Å²) in [5, 5.41) is 4.15. The molecule has 0 radical (unpaired) electrons. The van der Waals surface area contributed by atoms with Crippen LogP contribution in [0.4, 0.5) is 0 Å². The zero-order valence-electron chi connectivity index (χ0n) is 13.5. The number of hydrogen-bond donors (Lipinski definition) is 1. The molecule has 1 aliphatic heterocycles. The predicted molar refractivity (Wildman–Crippen MR) is 95.1 cm³/mol. The van der Waals surface area contributed by atoms with E-state index in [0.29, 0.717) is 10.9 Å². The van der Waals surface area contributed by atoms with Crippen molar-refractivity contribution in [1.82, 2.24) is 24.7 Å². The predicted octanol–water partition coefficient (Wildman–Crippen LogP) is 3.38. The van der Waals surface area contributed by atoms with Crippen LogP contribution in [0.1, 0.15) is 25.0 Å². The van der Waals surface area contributed by atoms with Gasteiger partial charge in [0, 0.05) is 11.9 Å². The van der Waals surface area contributed by atoms with Crippen LogP contribution in [0.25, 0.3) is 17.0 Å². The van der Waals surface area contributed by atoms with Crippen LogP contribution in [0.2, 0.25) is 5.02 Å². The highest BCUT2D eigenvalue weighted by atomic mass is 35.5. The molecule has 3 aromatic rings. The van der Waals surface area contributed by atoms with Gasteiger partial charge >= 0.3 is 0 Å². The van der Waals surface area contributed by atoms with Crippen LogP contribution in [-0.2, 0) is 6.42 Å². The van der Waals surface area contributed by atoms with Crippen molar-refractivity contribution in [2.24, 2.45) is 5.92 Å². The summed E-state index contributed by atoms with van der Waals surface area (Å²) >= 11 is 6.12. The van der Waals surface area contributed by atoms with Gasteiger partial charge in [0.15, 0.2) is 0 Å². The van der Waals surface area contributed by atoms with E-state index in [2.05, 4.69) is 26.3 Å². The maximum absolute atomic E-state index is 6.12. The molecule has 1 N–H and O–H groups in total. The van der Waals surface area contributed by atoms with Crippen LogP contribution in [0.3, 0.4) is 0 Å². The van der Waals surface area contributed by atoms with Crippen molar-refractivity contribution in [1.29, 1.82) is 0 Å². The van der Waals surface area contributed by atoms with Crippen molar-refractivity contribution < 1.29 is 0 Å². The van der Waals surface area contributed by atoms with Crippen molar-refractivity contribution in [3.63, 3.8) is 0 Å². The van der Waals surface area contributed by atoms with Gasteiger partial charge in [-0.2, -0.15) is 0 Å². The summed E-state index contributed by atoms with van der Waals surface area (Å²) in [5.41, 5.74) is 3.80. The molecule has 4 heterocycles. The van der Waals surface area contributed by atoms with Crippen LogP contribution in [0, 0.1) is 5.92 Å². The van der Waals surface area contributed by atoms with Crippen molar-refractivity contribution in [2.75, 3.05) is 13.1 Å². The number of nitrogens with one attached hydrogen (secondary N) is 1. The Bertz CT molecular complexity index is 836. The van der Waals surface area contributed by atoms with E-state index < -0.39 is 0 Å². The van der Waals surface area contributed by atoms with Gasteiger partial charge in [-0.25, -0.2) is 15.0 Å². The highest BCUT2D eigenvalue weighted by Crippen LogP contribution is 2.23. The SMILES string of the molecule is Clc1ccc2ncc(-c3cc(CC4CCCNCC4)ncn3)n2c1. The summed E-state index contributed by atoms with van der Waals surface area (Å²) in [6.07, 6.45) is 10.1. The Labute approximate surface area is 146 Å². The number of nitrogens with zero attached hydrogens (tertiary/aromatic N) is 4. The second kappa shape index (κ2) is 6.87. The number of aromatic nitrogens is 4. The number of fused-ring (bicyclic) bond motifs is 1. The molecular formula is C18H20ClN5. The largest absolute Gasteiger partial charge is 0.317 e. The summed E-state index contributed by atoms with van der Waals surface area (Å²) in [6.45, 7) is 2.24. The molecule has 1 fully saturated rings. The first kappa shape index (κ1) is 15.5. The second-order valence-corrected chi connectivity index (χ2v) is 6.80. The van der Waals surface area contributed by atoms with E-state index >= 15 is 0 Å². The lowest BCUT2D eigenvalue weighted by molar-refractivity contribution is 0.465. The van der Waals surface area contributed by atoms with Crippen LogP contribution >= 0.6 is 11.6 Å². The first-order valence-electron chi connectivity index (χ1n) is 8.44. The minimum absolute atomic E-state index is 0.682. The number of hydrogen-bond acceptors (Lipinski definition) is 4. The van der Waals surface area contributed by atoms with E-state index in [1.54, 1.807) is 6.33 Å². The third-order valence-corrected chi connectivity index (χ3v) is 4.87. The molecule has 0 spiro atoms. The molecule has 0 amide bonds. The van der Waals surface area contributed by atoms with E-state index in [-0.39, 0.29) is 0 Å². The molecule has 0 aliphatic carbocycles. The van der Waals surface area contributed by atoms with Crippen molar-refractivity contribution >= 4 is 17.2 Å². The lowest BCUT2D eigenvalue weighted by Gasteiger charge is -2.13. The Balaban J connectivity index is 1.62. The lowest BCUT2D eigenvalue weighted by atomic mass is 9.95. The highest BCUT2D eigenvalue weighted by molar-refractivity contribution is 6.30. The fraction of sp³-hybridized carbons (Fsp3) is 0.389. The zero-order chi connectivity index (χ0) is 16.4. The normalized spacial score (nSPS) is 18.6. The summed E-state index contributed by atoms with van der Waals surface area (Å²) < 4.78 is 1.98. The monoisotopic (exact) mass is 341 g/mol. The molecule has 0 saturated carbocycles. The smallest absolute Gasteiger partial charge is 0.137 e. The van der Waals surface area contributed by atoms with E-state index in [0.717, 1.165) is 42.2 Å². The van der Waals surface area contributed by atoms with Crippen LogP contribution in [0.15, 0.2) is 36.9 Å². The molecule has 0 aromatic carbocycles. The van der Waals surface area contributed by atoms with Crippen LogP contribution in [0.5, 0.6) is 0 Å². The topological polar surface area (TPSA) is 55.1 Å². The molecule has 5 nitrogen and oxygen atoms in total. The third-order valence-electron chi connectivity index (χ3n) is 4.65. The first-order chi connectivity index (χ1) is 11.8. The highest BCUT2D eigenvalue weighted by Gasteiger charge is 2.15. The minimum Gasteiger partial charge on any atom is -0.317 e. The molecule has 1 saturated heterocycles. The second-order valence-electron chi connectivity index (χ2n) is 6.36. The maximum atomic E-state index is 6.12. The van der Waals surface area contributed by atoms with Crippen LogP contribution < -0.4 is 5.32 Å². The zero-order valence-corrected chi connectivity index (χ0v) is 14.2. The number of pyridine rings is 1. The van der Waals surface area contributed by atoms with Gasteiger partial charge in [-0.1, -0.05) is 11.6 Å². The average molecular weight is 342 g/mol. The Kier molecular flexibility index (Phi) is 4.45. The van der Waals surface area contributed by atoms with E-state index in [9.17, 15) is 0 Å². The molecule has 4 rings (SSSR count). The fourth-order valence-electron chi connectivity index (χ4n) is 3.38. The van der Waals surface area contributed by atoms with Gasteiger partial charge in [-0.15, -0.1) is 0 Å². The summed E-state index contributed by atoms with van der Waals surface area (Å²) in [6, 6.07) is 5.84. The van der Waals surface area contributed by atoms with Gasteiger partial charge < -0.3 is 5.32 Å². The molecular weight excluding hydrogens is 322 g/mol. The fourth-order valence-corrected chi connectivity index (χ4v) is 3.55. The van der Waals surface area contributed by atoms with Gasteiger partial charge in [0.2, 0.25) is 0 Å². The first-order valence-corrected chi connectivity index (χ1v) is 8.82. The molecule has 3 aromatic heterocycles. The Morgan fingerprint density at radius 3 is 3.08 bits per heavy atom. The number of imidazole rings is 1. The lowest BCUT2D eigenvalue weighted by Crippen LogP contribution is -2.14. The average Bonchev–Trinajstić information content (AvgIpc) is 2.83. The maximum Gasteiger partial charge on any atom is 0.137 e. The quantitative estimate of drug-likeness (QED) is 0.793.